The summed E-state index contributed by atoms with van der Waals surface area (Å²) in [5, 5.41) is 8.51. The van der Waals surface area contributed by atoms with E-state index < -0.39 is 5.91 Å². The van der Waals surface area contributed by atoms with Crippen molar-refractivity contribution in [3.05, 3.63) is 35.9 Å². The number of hydrazone groups is 2. The van der Waals surface area contributed by atoms with Gasteiger partial charge >= 0.3 is 0 Å². The Balaban J connectivity index is 1.63. The van der Waals surface area contributed by atoms with Crippen LogP contribution in [0.15, 0.2) is 40.5 Å². The first-order valence-corrected chi connectivity index (χ1v) is 10.6. The van der Waals surface area contributed by atoms with E-state index in [4.69, 9.17) is 23.7 Å². The first-order valence-electron chi connectivity index (χ1n) is 10.6. The van der Waals surface area contributed by atoms with Crippen molar-refractivity contribution in [3.8, 4) is 23.0 Å². The van der Waals surface area contributed by atoms with Crippen LogP contribution in [0, 0.1) is 0 Å². The highest BCUT2D eigenvalue weighted by Gasteiger charge is 2.28. The van der Waals surface area contributed by atoms with Crippen molar-refractivity contribution in [2.75, 3.05) is 65.1 Å². The maximum absolute atomic E-state index is 12.5. The van der Waals surface area contributed by atoms with E-state index in [-0.39, 0.29) is 5.71 Å². The van der Waals surface area contributed by atoms with Crippen LogP contribution >= 0.6 is 0 Å². The van der Waals surface area contributed by atoms with Gasteiger partial charge in [-0.1, -0.05) is 0 Å². The van der Waals surface area contributed by atoms with Gasteiger partial charge in [-0.05, 0) is 30.3 Å². The summed E-state index contributed by atoms with van der Waals surface area (Å²) in [6.45, 7) is 2.82. The van der Waals surface area contributed by atoms with Gasteiger partial charge in [-0.15, -0.1) is 0 Å². The van der Waals surface area contributed by atoms with Crippen LogP contribution in [0.1, 0.15) is 5.56 Å². The summed E-state index contributed by atoms with van der Waals surface area (Å²) in [4.78, 5) is 14.7. The SMILES string of the molecule is COc1ccc(NN=C2C(=O)NN=C2c2cc(OC)c(OC)c(OC)c2)cc1N1CCOCC1. The quantitative estimate of drug-likeness (QED) is 0.563. The molecule has 2 aliphatic rings. The van der Waals surface area contributed by atoms with Gasteiger partial charge in [0, 0.05) is 18.7 Å². The number of carbonyl (C=O) groups is 1. The normalized spacial score (nSPS) is 16.7. The van der Waals surface area contributed by atoms with Gasteiger partial charge in [0.25, 0.3) is 5.91 Å². The number of amides is 1. The van der Waals surface area contributed by atoms with Gasteiger partial charge in [-0.25, -0.2) is 5.43 Å². The number of hydrogen-bond donors (Lipinski definition) is 2. The molecule has 1 amide bonds. The van der Waals surface area contributed by atoms with E-state index >= 15 is 0 Å². The van der Waals surface area contributed by atoms with Gasteiger partial charge in [-0.3, -0.25) is 10.2 Å². The van der Waals surface area contributed by atoms with Gasteiger partial charge in [0.2, 0.25) is 5.75 Å². The maximum Gasteiger partial charge on any atom is 0.294 e. The summed E-state index contributed by atoms with van der Waals surface area (Å²) < 4.78 is 27.2. The maximum atomic E-state index is 12.5. The lowest BCUT2D eigenvalue weighted by atomic mass is 10.0. The second-order valence-electron chi connectivity index (χ2n) is 7.37. The van der Waals surface area contributed by atoms with Crippen molar-refractivity contribution < 1.29 is 28.5 Å². The van der Waals surface area contributed by atoms with Crippen LogP contribution in [0.25, 0.3) is 0 Å². The molecule has 11 nitrogen and oxygen atoms in total. The van der Waals surface area contributed by atoms with E-state index in [0.717, 1.165) is 24.5 Å². The van der Waals surface area contributed by atoms with Crippen LogP contribution in [0.5, 0.6) is 23.0 Å². The number of morpholine rings is 1. The largest absolute Gasteiger partial charge is 0.495 e. The van der Waals surface area contributed by atoms with Gasteiger partial charge in [0.15, 0.2) is 17.2 Å². The first-order chi connectivity index (χ1) is 16.6. The molecule has 1 saturated heterocycles. The second kappa shape index (κ2) is 10.3. The van der Waals surface area contributed by atoms with Crippen molar-refractivity contribution >= 4 is 28.7 Å². The number of benzene rings is 2. The smallest absolute Gasteiger partial charge is 0.294 e. The third kappa shape index (κ3) is 4.55. The lowest BCUT2D eigenvalue weighted by molar-refractivity contribution is -0.114. The van der Waals surface area contributed by atoms with E-state index in [1.807, 2.05) is 18.2 Å². The lowest BCUT2D eigenvalue weighted by Gasteiger charge is -2.30. The fourth-order valence-corrected chi connectivity index (χ4v) is 3.77. The zero-order valence-corrected chi connectivity index (χ0v) is 19.5. The molecule has 0 atom stereocenters. The van der Waals surface area contributed by atoms with Gasteiger partial charge in [-0.2, -0.15) is 10.2 Å². The monoisotopic (exact) mass is 469 g/mol. The molecule has 2 aromatic carbocycles. The Morgan fingerprint density at radius 3 is 2.26 bits per heavy atom. The van der Waals surface area contributed by atoms with Crippen molar-refractivity contribution in [1.29, 1.82) is 0 Å². The molecular formula is C23H27N5O6. The first kappa shape index (κ1) is 23.2. The topological polar surface area (TPSA) is 115 Å². The van der Waals surface area contributed by atoms with Crippen LogP contribution in [-0.2, 0) is 9.53 Å². The molecule has 0 unspecified atom stereocenters. The summed E-state index contributed by atoms with van der Waals surface area (Å²) in [6, 6.07) is 9.03. The van der Waals surface area contributed by atoms with Crippen LogP contribution in [0.3, 0.4) is 0 Å². The van der Waals surface area contributed by atoms with E-state index in [0.29, 0.717) is 47.4 Å². The minimum Gasteiger partial charge on any atom is -0.495 e. The van der Waals surface area contributed by atoms with E-state index in [9.17, 15) is 4.79 Å². The number of ether oxygens (including phenoxy) is 5. The molecule has 0 bridgehead atoms. The molecule has 2 aromatic rings. The summed E-state index contributed by atoms with van der Waals surface area (Å²) in [6.07, 6.45) is 0. The second-order valence-corrected chi connectivity index (χ2v) is 7.37. The molecule has 4 rings (SSSR count). The molecule has 2 aliphatic heterocycles. The fraction of sp³-hybridized carbons (Fsp3) is 0.348. The number of carbonyl (C=O) groups excluding carboxylic acids is 1. The molecular weight excluding hydrogens is 442 g/mol. The Hall–Kier alpha value is -3.99. The number of anilines is 2. The minimum absolute atomic E-state index is 0.123. The molecule has 0 radical (unpaired) electrons. The van der Waals surface area contributed by atoms with E-state index in [1.54, 1.807) is 19.2 Å². The Morgan fingerprint density at radius 2 is 1.65 bits per heavy atom. The van der Waals surface area contributed by atoms with Gasteiger partial charge in [0.1, 0.15) is 11.5 Å². The zero-order chi connectivity index (χ0) is 24.1. The highest BCUT2D eigenvalue weighted by molar-refractivity contribution is 6.72. The molecule has 180 valence electrons. The summed E-state index contributed by atoms with van der Waals surface area (Å²) in [5.74, 6) is 1.64. The summed E-state index contributed by atoms with van der Waals surface area (Å²) in [5.41, 5.74) is 8.10. The van der Waals surface area contributed by atoms with Crippen molar-refractivity contribution in [2.24, 2.45) is 10.2 Å². The lowest BCUT2D eigenvalue weighted by Crippen LogP contribution is -2.36. The highest BCUT2D eigenvalue weighted by Crippen LogP contribution is 2.38. The average molecular weight is 469 g/mol. The predicted octanol–water partition coefficient (Wildman–Crippen LogP) is 1.86. The molecule has 0 saturated carbocycles. The Labute approximate surface area is 197 Å². The summed E-state index contributed by atoms with van der Waals surface area (Å²) in [7, 11) is 6.20. The molecule has 2 heterocycles. The Morgan fingerprint density at radius 1 is 0.971 bits per heavy atom. The fourth-order valence-electron chi connectivity index (χ4n) is 3.77. The predicted molar refractivity (Wildman–Crippen MR) is 128 cm³/mol. The number of methoxy groups -OCH3 is 4. The number of hydrogen-bond acceptors (Lipinski definition) is 10. The average Bonchev–Trinajstić information content (AvgIpc) is 3.26. The van der Waals surface area contributed by atoms with Crippen LogP contribution in [0.4, 0.5) is 11.4 Å². The molecule has 34 heavy (non-hydrogen) atoms. The molecule has 0 aliphatic carbocycles. The van der Waals surface area contributed by atoms with Gasteiger partial charge < -0.3 is 28.6 Å². The molecule has 11 heteroatoms. The third-order valence-electron chi connectivity index (χ3n) is 5.47. The molecule has 1 fully saturated rings. The van der Waals surface area contributed by atoms with Crippen molar-refractivity contribution in [3.63, 3.8) is 0 Å². The number of nitrogens with one attached hydrogen (secondary N) is 2. The van der Waals surface area contributed by atoms with Crippen LogP contribution in [0.2, 0.25) is 0 Å². The Bertz CT molecular complexity index is 1100. The summed E-state index contributed by atoms with van der Waals surface area (Å²) >= 11 is 0. The standard InChI is InChI=1S/C23H27N5O6/c1-30-17-6-5-15(13-16(17)28-7-9-34-10-8-28)24-26-21-20(25-27-23(21)29)14-11-18(31-2)22(33-4)19(12-14)32-3/h5-6,11-13,24H,7-10H2,1-4H3,(H,26,27,29). The molecule has 0 aromatic heterocycles. The third-order valence-corrected chi connectivity index (χ3v) is 5.47. The van der Waals surface area contributed by atoms with Crippen LogP contribution < -0.4 is 34.7 Å². The van der Waals surface area contributed by atoms with E-state index in [2.05, 4.69) is 26.0 Å². The van der Waals surface area contributed by atoms with Gasteiger partial charge in [0.05, 0.1) is 53.0 Å². The van der Waals surface area contributed by atoms with Crippen molar-refractivity contribution in [2.45, 2.75) is 0 Å². The number of rotatable bonds is 8. The zero-order valence-electron chi connectivity index (χ0n) is 19.5. The minimum atomic E-state index is -0.432. The van der Waals surface area contributed by atoms with E-state index in [1.165, 1.54) is 21.3 Å². The van der Waals surface area contributed by atoms with Crippen LogP contribution in [-0.4, -0.2) is 72.1 Å². The molecule has 0 spiro atoms. The number of nitrogens with zero attached hydrogens (tertiary/aromatic N) is 3. The Kier molecular flexibility index (Phi) is 7.02. The highest BCUT2D eigenvalue weighted by atomic mass is 16.5. The molecule has 2 N–H and O–H groups in total. The van der Waals surface area contributed by atoms with Crippen molar-refractivity contribution in [1.82, 2.24) is 5.43 Å².